The summed E-state index contributed by atoms with van der Waals surface area (Å²) in [6, 6.07) is 11.4. The van der Waals surface area contributed by atoms with Crippen LogP contribution in [0.4, 0.5) is 4.39 Å². The molecule has 3 aromatic rings. The summed E-state index contributed by atoms with van der Waals surface area (Å²) in [4.78, 5) is 18.3. The summed E-state index contributed by atoms with van der Waals surface area (Å²) in [6.45, 7) is 0.496. The number of amides is 1. The molecule has 0 radical (unpaired) electrons. The minimum Gasteiger partial charge on any atom is -0.493 e. The molecule has 0 fully saturated rings. The van der Waals surface area contributed by atoms with Crippen molar-refractivity contribution in [3.05, 3.63) is 76.0 Å². The van der Waals surface area contributed by atoms with Gasteiger partial charge in [-0.3, -0.25) is 4.79 Å². The van der Waals surface area contributed by atoms with Gasteiger partial charge in [-0.1, -0.05) is 18.2 Å². The van der Waals surface area contributed by atoms with E-state index in [1.54, 1.807) is 49.0 Å². The minimum absolute atomic E-state index is 0.176. The van der Waals surface area contributed by atoms with E-state index >= 15 is 0 Å². The van der Waals surface area contributed by atoms with E-state index in [2.05, 4.69) is 4.98 Å². The topological polar surface area (TPSA) is 51.7 Å². The Balaban J connectivity index is 1.71. The number of ether oxygens (including phenoxy) is 2. The van der Waals surface area contributed by atoms with Gasteiger partial charge in [0.1, 0.15) is 12.4 Å². The van der Waals surface area contributed by atoms with Gasteiger partial charge in [-0.25, -0.2) is 9.37 Å². The number of aromatic nitrogens is 1. The van der Waals surface area contributed by atoms with E-state index in [9.17, 15) is 9.18 Å². The van der Waals surface area contributed by atoms with Crippen molar-refractivity contribution in [2.75, 3.05) is 14.2 Å². The van der Waals surface area contributed by atoms with Crippen molar-refractivity contribution < 1.29 is 18.7 Å². The molecule has 140 valence electrons. The molecule has 7 heteroatoms. The zero-order valence-corrected chi connectivity index (χ0v) is 15.8. The third-order valence-corrected chi connectivity index (χ3v) is 4.62. The molecule has 5 nitrogen and oxygen atoms in total. The molecular weight excluding hydrogens is 367 g/mol. The van der Waals surface area contributed by atoms with Gasteiger partial charge in [0.2, 0.25) is 0 Å². The molecule has 0 aliphatic rings. The monoisotopic (exact) mass is 386 g/mol. The summed E-state index contributed by atoms with van der Waals surface area (Å²) >= 11 is 1.50. The highest BCUT2D eigenvalue weighted by molar-refractivity contribution is 7.07. The Hall–Kier alpha value is -2.93. The normalized spacial score (nSPS) is 10.5. The second kappa shape index (κ2) is 8.64. The number of nitrogens with zero attached hydrogens (tertiary/aromatic N) is 2. The van der Waals surface area contributed by atoms with Gasteiger partial charge in [0.05, 0.1) is 18.3 Å². The van der Waals surface area contributed by atoms with Crippen LogP contribution in [0.3, 0.4) is 0 Å². The van der Waals surface area contributed by atoms with Crippen LogP contribution in [0.25, 0.3) is 0 Å². The highest BCUT2D eigenvalue weighted by Gasteiger charge is 2.16. The third-order valence-electron chi connectivity index (χ3n) is 3.98. The second-order valence-electron chi connectivity index (χ2n) is 5.89. The number of thiazole rings is 1. The Kier molecular flexibility index (Phi) is 6.03. The first kappa shape index (κ1) is 18.8. The second-order valence-corrected chi connectivity index (χ2v) is 6.61. The molecule has 0 bridgehead atoms. The van der Waals surface area contributed by atoms with Crippen molar-refractivity contribution in [1.82, 2.24) is 9.88 Å². The van der Waals surface area contributed by atoms with E-state index in [1.807, 2.05) is 5.38 Å². The lowest BCUT2D eigenvalue weighted by Crippen LogP contribution is -2.26. The van der Waals surface area contributed by atoms with E-state index < -0.39 is 0 Å². The van der Waals surface area contributed by atoms with E-state index in [0.717, 1.165) is 5.69 Å². The molecule has 0 aliphatic carbocycles. The number of hydrogen-bond donors (Lipinski definition) is 0. The van der Waals surface area contributed by atoms with E-state index in [0.29, 0.717) is 29.2 Å². The quantitative estimate of drug-likeness (QED) is 0.612. The molecule has 0 unspecified atom stereocenters. The first-order chi connectivity index (χ1) is 13.1. The Morgan fingerprint density at radius 3 is 2.74 bits per heavy atom. The van der Waals surface area contributed by atoms with Crippen molar-refractivity contribution in [2.24, 2.45) is 0 Å². The summed E-state index contributed by atoms with van der Waals surface area (Å²) in [6.07, 6.45) is 0. The Labute approximate surface area is 161 Å². The predicted octanol–water partition coefficient (Wildman–Crippen LogP) is 4.14. The summed E-state index contributed by atoms with van der Waals surface area (Å²) in [5, 5.41) is 1.90. The van der Waals surface area contributed by atoms with Crippen LogP contribution < -0.4 is 9.47 Å². The highest BCUT2D eigenvalue weighted by atomic mass is 32.1. The summed E-state index contributed by atoms with van der Waals surface area (Å²) in [5.41, 5.74) is 3.46. The molecule has 2 aromatic carbocycles. The fourth-order valence-electron chi connectivity index (χ4n) is 2.55. The number of carbonyl (C=O) groups excluding carboxylic acids is 1. The zero-order valence-electron chi connectivity index (χ0n) is 15.0. The summed E-state index contributed by atoms with van der Waals surface area (Å²) in [7, 11) is 3.15. The van der Waals surface area contributed by atoms with Crippen LogP contribution in [0.1, 0.15) is 21.6 Å². The molecule has 27 heavy (non-hydrogen) atoms. The highest BCUT2D eigenvalue weighted by Crippen LogP contribution is 2.29. The first-order valence-electron chi connectivity index (χ1n) is 8.25. The largest absolute Gasteiger partial charge is 0.493 e. The van der Waals surface area contributed by atoms with Gasteiger partial charge in [0.25, 0.3) is 5.91 Å². The lowest BCUT2D eigenvalue weighted by Gasteiger charge is -2.19. The molecule has 3 rings (SSSR count). The predicted molar refractivity (Wildman–Crippen MR) is 102 cm³/mol. The Morgan fingerprint density at radius 1 is 1.22 bits per heavy atom. The molecule has 0 saturated heterocycles. The van der Waals surface area contributed by atoms with Crippen LogP contribution in [-0.4, -0.2) is 29.9 Å². The third kappa shape index (κ3) is 4.62. The van der Waals surface area contributed by atoms with Crippen LogP contribution in [-0.2, 0) is 13.2 Å². The average molecular weight is 386 g/mol. The number of hydrogen-bond acceptors (Lipinski definition) is 5. The van der Waals surface area contributed by atoms with Gasteiger partial charge in [-0.05, 0) is 24.3 Å². The Bertz CT molecular complexity index is 915. The van der Waals surface area contributed by atoms with Crippen LogP contribution in [0.15, 0.2) is 53.4 Å². The van der Waals surface area contributed by atoms with Gasteiger partial charge in [0, 0.05) is 30.1 Å². The maximum absolute atomic E-state index is 13.8. The van der Waals surface area contributed by atoms with E-state index in [1.165, 1.54) is 29.4 Å². The minimum atomic E-state index is -0.333. The van der Waals surface area contributed by atoms with Gasteiger partial charge in [-0.2, -0.15) is 0 Å². The number of halogens is 1. The number of rotatable bonds is 7. The van der Waals surface area contributed by atoms with Crippen molar-refractivity contribution in [1.29, 1.82) is 0 Å². The van der Waals surface area contributed by atoms with Crippen LogP contribution in [0.5, 0.6) is 11.5 Å². The number of methoxy groups -OCH3 is 1. The van der Waals surface area contributed by atoms with Crippen LogP contribution >= 0.6 is 11.3 Å². The maximum atomic E-state index is 13.8. The van der Waals surface area contributed by atoms with E-state index in [-0.39, 0.29) is 18.3 Å². The van der Waals surface area contributed by atoms with Crippen molar-refractivity contribution in [3.63, 3.8) is 0 Å². The van der Waals surface area contributed by atoms with Gasteiger partial charge >= 0.3 is 0 Å². The molecule has 1 aromatic heterocycles. The number of carbonyl (C=O) groups is 1. The van der Waals surface area contributed by atoms with Crippen molar-refractivity contribution in [3.8, 4) is 11.5 Å². The molecule has 0 saturated carbocycles. The smallest absolute Gasteiger partial charge is 0.254 e. The van der Waals surface area contributed by atoms with Crippen LogP contribution in [0, 0.1) is 5.82 Å². The fourth-order valence-corrected chi connectivity index (χ4v) is 3.10. The maximum Gasteiger partial charge on any atom is 0.254 e. The van der Waals surface area contributed by atoms with Crippen LogP contribution in [0.2, 0.25) is 0 Å². The molecule has 0 spiro atoms. The molecule has 0 atom stereocenters. The molecule has 0 aliphatic heterocycles. The molecular formula is C20H19FN2O3S. The van der Waals surface area contributed by atoms with Gasteiger partial charge < -0.3 is 14.4 Å². The molecule has 0 N–H and O–H groups in total. The lowest BCUT2D eigenvalue weighted by molar-refractivity contribution is 0.0783. The lowest BCUT2D eigenvalue weighted by atomic mass is 10.1. The number of benzene rings is 2. The average Bonchev–Trinajstić information content (AvgIpc) is 3.21. The molecule has 1 heterocycles. The van der Waals surface area contributed by atoms with Crippen molar-refractivity contribution >= 4 is 17.2 Å². The summed E-state index contributed by atoms with van der Waals surface area (Å²) < 4.78 is 24.9. The first-order valence-corrected chi connectivity index (χ1v) is 9.19. The van der Waals surface area contributed by atoms with Gasteiger partial charge in [-0.15, -0.1) is 11.3 Å². The Morgan fingerprint density at radius 2 is 2.04 bits per heavy atom. The van der Waals surface area contributed by atoms with Crippen molar-refractivity contribution in [2.45, 2.75) is 13.2 Å². The zero-order chi connectivity index (χ0) is 19.2. The SMILES string of the molecule is COc1cc(C(=O)N(C)Cc2ccccc2F)ccc1OCc1cscn1. The standard InChI is InChI=1S/C20H19FN2O3S/c1-23(10-15-5-3-4-6-17(15)21)20(24)14-7-8-18(19(9-14)25-2)26-11-16-12-27-13-22-16/h3-9,12-13H,10-11H2,1-2H3. The molecule has 1 amide bonds. The van der Waals surface area contributed by atoms with Gasteiger partial charge in [0.15, 0.2) is 11.5 Å². The fraction of sp³-hybridized carbons (Fsp3) is 0.200. The van der Waals surface area contributed by atoms with E-state index in [4.69, 9.17) is 9.47 Å². The summed E-state index contributed by atoms with van der Waals surface area (Å²) in [5.74, 6) is 0.414.